The van der Waals surface area contributed by atoms with Crippen LogP contribution in [-0.2, 0) is 10.1 Å². The number of hydrogen-bond acceptors (Lipinski definition) is 2. The molecule has 0 aliphatic rings. The Morgan fingerprint density at radius 1 is 0.955 bits per heavy atom. The van der Waals surface area contributed by atoms with Crippen molar-refractivity contribution < 1.29 is 26.1 Å². The maximum atomic E-state index is 10.7. The molecule has 0 aliphatic carbocycles. The van der Waals surface area contributed by atoms with Crippen molar-refractivity contribution in [2.45, 2.75) is 57.9 Å². The summed E-state index contributed by atoms with van der Waals surface area (Å²) in [5.74, 6) is 0. The van der Waals surface area contributed by atoms with Crippen molar-refractivity contribution in [3.63, 3.8) is 0 Å². The zero-order valence-electron chi connectivity index (χ0n) is 13.0. The van der Waals surface area contributed by atoms with E-state index < -0.39 is 15.6 Å². The Hall–Kier alpha value is -1.08. The van der Waals surface area contributed by atoms with Gasteiger partial charge in [0.25, 0.3) is 0 Å². The first-order valence-corrected chi connectivity index (χ1v) is 8.59. The summed E-state index contributed by atoms with van der Waals surface area (Å²) in [5, 5.41) is 0. The lowest BCUT2D eigenvalue weighted by Crippen LogP contribution is -2.21. The van der Waals surface area contributed by atoms with Crippen molar-refractivity contribution in [3.05, 3.63) is 36.5 Å². The molecule has 0 saturated heterocycles. The maximum Gasteiger partial charge on any atom is 0.522 e. The lowest BCUT2D eigenvalue weighted by atomic mass is 10.1. The zero-order chi connectivity index (χ0) is 17.5. The van der Waals surface area contributed by atoms with E-state index in [0.29, 0.717) is 0 Å². The first-order chi connectivity index (χ1) is 10.2. The molecule has 0 aromatic rings. The summed E-state index contributed by atoms with van der Waals surface area (Å²) in [6, 6.07) is 0. The second-order valence-corrected chi connectivity index (χ2v) is 5.88. The summed E-state index contributed by atoms with van der Waals surface area (Å²) in [6.07, 6.45) is 20.7. The molecule has 0 spiro atoms. The van der Waals surface area contributed by atoms with Gasteiger partial charge in [-0.3, -0.25) is 4.55 Å². The number of allylic oxidation sites excluding steroid dienone is 6. The van der Waals surface area contributed by atoms with Gasteiger partial charge >= 0.3 is 15.6 Å². The van der Waals surface area contributed by atoms with Crippen LogP contribution in [-0.4, -0.2) is 18.5 Å². The first kappa shape index (κ1) is 23.2. The molecule has 3 nitrogen and oxygen atoms in total. The van der Waals surface area contributed by atoms with Gasteiger partial charge in [0, 0.05) is 0 Å². The number of alkyl halides is 3. The van der Waals surface area contributed by atoms with Crippen molar-refractivity contribution in [1.82, 2.24) is 0 Å². The molecule has 0 rings (SSSR count). The van der Waals surface area contributed by atoms with E-state index in [1.807, 2.05) is 19.1 Å². The minimum atomic E-state index is -5.84. The van der Waals surface area contributed by atoms with E-state index in [0.717, 1.165) is 0 Å². The van der Waals surface area contributed by atoms with E-state index in [9.17, 15) is 13.2 Å². The summed E-state index contributed by atoms with van der Waals surface area (Å²) < 4.78 is 57.5. The van der Waals surface area contributed by atoms with Gasteiger partial charge in [-0.25, -0.2) is 0 Å². The highest BCUT2D eigenvalue weighted by molar-refractivity contribution is 7.86. The largest absolute Gasteiger partial charge is 0.522 e. The van der Waals surface area contributed by atoms with Gasteiger partial charge in [0.15, 0.2) is 0 Å². The molecule has 0 atom stereocenters. The van der Waals surface area contributed by atoms with Gasteiger partial charge in [0.05, 0.1) is 0 Å². The Morgan fingerprint density at radius 3 is 1.91 bits per heavy atom. The van der Waals surface area contributed by atoms with Crippen LogP contribution in [0.1, 0.15) is 52.4 Å². The van der Waals surface area contributed by atoms with E-state index in [2.05, 4.69) is 31.2 Å². The Kier molecular flexibility index (Phi) is 14.3. The van der Waals surface area contributed by atoms with Gasteiger partial charge in [-0.05, 0) is 19.8 Å². The predicted molar refractivity (Wildman–Crippen MR) is 84.1 cm³/mol. The molecule has 0 heterocycles. The molecule has 7 heteroatoms. The summed E-state index contributed by atoms with van der Waals surface area (Å²) in [7, 11) is -5.84. The van der Waals surface area contributed by atoms with Gasteiger partial charge in [0.2, 0.25) is 0 Å². The fourth-order valence-corrected chi connectivity index (χ4v) is 1.28. The van der Waals surface area contributed by atoms with Crippen molar-refractivity contribution >= 4 is 10.1 Å². The third-order valence-corrected chi connectivity index (χ3v) is 3.01. The van der Waals surface area contributed by atoms with Gasteiger partial charge in [-0.2, -0.15) is 21.6 Å². The Morgan fingerprint density at radius 2 is 1.45 bits per heavy atom. The molecule has 0 aromatic carbocycles. The molecule has 0 saturated carbocycles. The second-order valence-electron chi connectivity index (χ2n) is 4.46. The standard InChI is InChI=1S/C14H24.CHF3O3S/c1-3-5-7-9-11-13-14-12-10-8-6-4-2;2-1(3,4)8(5,6)7/h3,5,7,9,11,13H,4,6,8,10,12,14H2,1-2H3;(H,5,6,7). The number of rotatable bonds is 8. The fraction of sp³-hybridized carbons (Fsp3) is 0.600. The van der Waals surface area contributed by atoms with Crippen LogP contribution in [0, 0.1) is 0 Å². The van der Waals surface area contributed by atoms with Crippen LogP contribution < -0.4 is 0 Å². The van der Waals surface area contributed by atoms with E-state index in [4.69, 9.17) is 13.0 Å². The molecule has 0 unspecified atom stereocenters. The Balaban J connectivity index is 0. The normalized spacial score (nSPS) is 13.0. The molecule has 0 amide bonds. The van der Waals surface area contributed by atoms with Gasteiger partial charge < -0.3 is 0 Å². The minimum Gasteiger partial charge on any atom is -0.279 e. The van der Waals surface area contributed by atoms with Crippen LogP contribution in [0.5, 0.6) is 0 Å². The summed E-state index contributed by atoms with van der Waals surface area (Å²) in [5.41, 5.74) is -5.53. The van der Waals surface area contributed by atoms with Crippen molar-refractivity contribution in [3.8, 4) is 0 Å². The number of unbranched alkanes of at least 4 members (excludes halogenated alkanes) is 5. The summed E-state index contributed by atoms with van der Waals surface area (Å²) in [4.78, 5) is 0. The van der Waals surface area contributed by atoms with Gasteiger partial charge in [0.1, 0.15) is 0 Å². The molecule has 0 aliphatic heterocycles. The maximum absolute atomic E-state index is 10.7. The fourth-order valence-electron chi connectivity index (χ4n) is 1.28. The molecule has 0 bridgehead atoms. The molecule has 0 fully saturated rings. The highest BCUT2D eigenvalue weighted by Gasteiger charge is 2.44. The van der Waals surface area contributed by atoms with E-state index in [1.54, 1.807) is 0 Å². The van der Waals surface area contributed by atoms with Crippen LogP contribution >= 0.6 is 0 Å². The number of halogens is 3. The second kappa shape index (κ2) is 13.6. The number of hydrogen-bond donors (Lipinski definition) is 1. The first-order valence-electron chi connectivity index (χ1n) is 7.15. The van der Waals surface area contributed by atoms with Crippen molar-refractivity contribution in [1.29, 1.82) is 0 Å². The Bertz CT molecular complexity index is 435. The van der Waals surface area contributed by atoms with Gasteiger partial charge in [-0.15, -0.1) is 0 Å². The average Bonchev–Trinajstić information content (AvgIpc) is 2.39. The van der Waals surface area contributed by atoms with E-state index >= 15 is 0 Å². The predicted octanol–water partition coefficient (Wildman–Crippen LogP) is 5.43. The van der Waals surface area contributed by atoms with Crippen LogP contribution in [0.25, 0.3) is 0 Å². The smallest absolute Gasteiger partial charge is 0.279 e. The molecule has 1 N–H and O–H groups in total. The van der Waals surface area contributed by atoms with E-state index in [1.165, 1.54) is 38.5 Å². The average molecular weight is 342 g/mol. The molecule has 130 valence electrons. The SMILES string of the molecule is CC=CC=CC=CCCCCCCC.O=S(=O)(O)C(F)(F)F. The van der Waals surface area contributed by atoms with Crippen molar-refractivity contribution in [2.24, 2.45) is 0 Å². The topological polar surface area (TPSA) is 54.4 Å². The molecule has 0 radical (unpaired) electrons. The highest BCUT2D eigenvalue weighted by atomic mass is 32.2. The van der Waals surface area contributed by atoms with Crippen LogP contribution in [0.4, 0.5) is 13.2 Å². The van der Waals surface area contributed by atoms with Crippen LogP contribution in [0.3, 0.4) is 0 Å². The quantitative estimate of drug-likeness (QED) is 0.277. The highest BCUT2D eigenvalue weighted by Crippen LogP contribution is 2.20. The van der Waals surface area contributed by atoms with Gasteiger partial charge in [-0.1, -0.05) is 69.1 Å². The van der Waals surface area contributed by atoms with Crippen molar-refractivity contribution in [2.75, 3.05) is 0 Å². The minimum absolute atomic E-state index is 1.23. The summed E-state index contributed by atoms with van der Waals surface area (Å²) >= 11 is 0. The lowest BCUT2D eigenvalue weighted by Gasteiger charge is -1.97. The lowest BCUT2D eigenvalue weighted by molar-refractivity contribution is -0.0510. The molecule has 0 aromatic heterocycles. The zero-order valence-corrected chi connectivity index (χ0v) is 13.8. The molecule has 22 heavy (non-hydrogen) atoms. The van der Waals surface area contributed by atoms with E-state index in [-0.39, 0.29) is 0 Å². The third kappa shape index (κ3) is 17.0. The molecular formula is C15H25F3O3S. The Labute approximate surface area is 131 Å². The monoisotopic (exact) mass is 342 g/mol. The van der Waals surface area contributed by atoms with Crippen LogP contribution in [0.2, 0.25) is 0 Å². The third-order valence-electron chi connectivity index (χ3n) is 2.43. The van der Waals surface area contributed by atoms with Crippen LogP contribution in [0.15, 0.2) is 36.5 Å². The summed E-state index contributed by atoms with van der Waals surface area (Å²) in [6.45, 7) is 4.29. The molecular weight excluding hydrogens is 317 g/mol.